The lowest BCUT2D eigenvalue weighted by molar-refractivity contribution is -0.159. The Morgan fingerprint density at radius 1 is 1.22 bits per heavy atom. The van der Waals surface area contributed by atoms with Crippen molar-refractivity contribution < 1.29 is 29.3 Å². The van der Waals surface area contributed by atoms with Crippen molar-refractivity contribution in [3.05, 3.63) is 0 Å². The van der Waals surface area contributed by atoms with Crippen molar-refractivity contribution in [2.45, 2.75) is 26.2 Å². The fraction of sp³-hybridized carbons (Fsp3) is 0.700. The van der Waals surface area contributed by atoms with E-state index in [1.54, 1.807) is 6.92 Å². The first-order valence-corrected chi connectivity index (χ1v) is 5.46. The average molecular weight is 264 g/mol. The van der Waals surface area contributed by atoms with Crippen LogP contribution in [0.2, 0.25) is 0 Å². The summed E-state index contributed by atoms with van der Waals surface area (Å²) in [5, 5.41) is 16.7. The molecule has 0 aliphatic carbocycles. The molecular formula is C10H20N2O6. The van der Waals surface area contributed by atoms with Crippen molar-refractivity contribution in [1.29, 1.82) is 0 Å². The number of aliphatic carboxylic acids is 2. The van der Waals surface area contributed by atoms with Gasteiger partial charge in [-0.25, -0.2) is 14.6 Å². The van der Waals surface area contributed by atoms with Crippen LogP contribution in [0.25, 0.3) is 0 Å². The van der Waals surface area contributed by atoms with Crippen molar-refractivity contribution >= 4 is 18.4 Å². The summed E-state index contributed by atoms with van der Waals surface area (Å²) < 4.78 is 4.15. The molecule has 0 aromatic rings. The molecule has 1 heterocycles. The minimum absolute atomic E-state index is 0.431. The topological polar surface area (TPSA) is 130 Å². The molecule has 1 rings (SSSR count). The van der Waals surface area contributed by atoms with E-state index in [2.05, 4.69) is 4.74 Å². The summed E-state index contributed by atoms with van der Waals surface area (Å²) in [6.45, 7) is 4.86. The molecule has 0 saturated carbocycles. The highest BCUT2D eigenvalue weighted by Gasteiger charge is 2.04. The monoisotopic (exact) mass is 264 g/mol. The number of rotatable bonds is 2. The van der Waals surface area contributed by atoms with Crippen LogP contribution in [-0.4, -0.2) is 53.3 Å². The first kappa shape index (κ1) is 18.7. The highest BCUT2D eigenvalue weighted by molar-refractivity contribution is 6.27. The quantitative estimate of drug-likeness (QED) is 0.351. The summed E-state index contributed by atoms with van der Waals surface area (Å²) in [7, 11) is 0. The van der Waals surface area contributed by atoms with Gasteiger partial charge in [-0.1, -0.05) is 6.42 Å². The third-order valence-corrected chi connectivity index (χ3v) is 1.81. The molecule has 8 heteroatoms. The van der Waals surface area contributed by atoms with Gasteiger partial charge in [-0.2, -0.15) is 0 Å². The average Bonchev–Trinajstić information content (AvgIpc) is 2.32. The fourth-order valence-corrected chi connectivity index (χ4v) is 0.986. The summed E-state index contributed by atoms with van der Waals surface area (Å²) in [6.07, 6.45) is 3.95. The number of piperidine rings is 1. The molecule has 106 valence electrons. The van der Waals surface area contributed by atoms with Gasteiger partial charge in [0.2, 0.25) is 0 Å². The summed E-state index contributed by atoms with van der Waals surface area (Å²) in [5.41, 5.74) is 0. The zero-order valence-corrected chi connectivity index (χ0v) is 10.4. The Labute approximate surface area is 105 Å². The molecule has 18 heavy (non-hydrogen) atoms. The van der Waals surface area contributed by atoms with Crippen LogP contribution in [0.3, 0.4) is 0 Å². The van der Waals surface area contributed by atoms with E-state index in [9.17, 15) is 4.79 Å². The minimum Gasteiger partial charge on any atom is -0.473 e. The number of carbonyl (C=O) groups is 3. The highest BCUT2D eigenvalue weighted by Crippen LogP contribution is 2.03. The summed E-state index contributed by atoms with van der Waals surface area (Å²) in [6, 6.07) is 0. The number of hydrogen-bond donors (Lipinski definition) is 3. The Balaban J connectivity index is 0. The van der Waals surface area contributed by atoms with Crippen molar-refractivity contribution in [3.8, 4) is 0 Å². The normalized spacial score (nSPS) is 14.1. The van der Waals surface area contributed by atoms with Gasteiger partial charge >= 0.3 is 11.9 Å². The van der Waals surface area contributed by atoms with Crippen LogP contribution in [0.5, 0.6) is 0 Å². The van der Waals surface area contributed by atoms with Gasteiger partial charge in [0.05, 0.1) is 6.61 Å². The van der Waals surface area contributed by atoms with E-state index in [0.717, 1.165) is 13.1 Å². The standard InChI is InChI=1S/C5H12N2.C3H6O2.C2H2O4/c6-7-4-2-1-3-5-7;1-2-5-3-4;3-1(4)2(5)6/h1-6H2;3H,2H2,1H3;(H,3,4)(H,5,6). The molecule has 1 saturated heterocycles. The molecule has 4 N–H and O–H groups in total. The van der Waals surface area contributed by atoms with E-state index < -0.39 is 11.9 Å². The third-order valence-electron chi connectivity index (χ3n) is 1.81. The van der Waals surface area contributed by atoms with Gasteiger partial charge < -0.3 is 14.9 Å². The zero-order chi connectivity index (χ0) is 14.4. The molecule has 1 aliphatic rings. The zero-order valence-electron chi connectivity index (χ0n) is 10.4. The van der Waals surface area contributed by atoms with Gasteiger partial charge in [0.1, 0.15) is 0 Å². The van der Waals surface area contributed by atoms with Gasteiger partial charge in [-0.05, 0) is 19.8 Å². The number of carboxylic acid groups (broad SMARTS) is 2. The fourth-order valence-electron chi connectivity index (χ4n) is 0.986. The summed E-state index contributed by atoms with van der Waals surface area (Å²) >= 11 is 0. The summed E-state index contributed by atoms with van der Waals surface area (Å²) in [5.74, 6) is 1.82. The van der Waals surface area contributed by atoms with Crippen LogP contribution in [0, 0.1) is 0 Å². The van der Waals surface area contributed by atoms with Crippen LogP contribution in [0.15, 0.2) is 0 Å². The molecule has 0 unspecified atom stereocenters. The maximum absolute atomic E-state index is 9.18. The summed E-state index contributed by atoms with van der Waals surface area (Å²) in [4.78, 5) is 27.4. The van der Waals surface area contributed by atoms with E-state index in [1.807, 2.05) is 5.01 Å². The number of nitrogens with two attached hydrogens (primary N) is 1. The van der Waals surface area contributed by atoms with E-state index >= 15 is 0 Å². The van der Waals surface area contributed by atoms with Crippen LogP contribution in [0.1, 0.15) is 26.2 Å². The van der Waals surface area contributed by atoms with E-state index in [0.29, 0.717) is 13.1 Å². The predicted molar refractivity (Wildman–Crippen MR) is 62.6 cm³/mol. The van der Waals surface area contributed by atoms with Gasteiger partial charge in [0.15, 0.2) is 0 Å². The second-order valence-corrected chi connectivity index (χ2v) is 3.26. The number of hydrogen-bond acceptors (Lipinski definition) is 6. The van der Waals surface area contributed by atoms with E-state index in [1.165, 1.54) is 19.3 Å². The van der Waals surface area contributed by atoms with Crippen LogP contribution in [0.4, 0.5) is 0 Å². The van der Waals surface area contributed by atoms with Crippen molar-refractivity contribution in [3.63, 3.8) is 0 Å². The second kappa shape index (κ2) is 13.4. The van der Waals surface area contributed by atoms with E-state index in [4.69, 9.17) is 25.6 Å². The molecule has 0 spiro atoms. The Kier molecular flexibility index (Phi) is 13.9. The molecule has 0 aromatic heterocycles. The predicted octanol–water partition coefficient (Wildman–Crippen LogP) is -0.319. The van der Waals surface area contributed by atoms with Crippen LogP contribution in [-0.2, 0) is 19.1 Å². The SMILES string of the molecule is CCOC=O.NN1CCCCC1.O=C(O)C(=O)O. The highest BCUT2D eigenvalue weighted by atomic mass is 16.5. The molecule has 1 fully saturated rings. The lowest BCUT2D eigenvalue weighted by Gasteiger charge is -2.20. The van der Waals surface area contributed by atoms with E-state index in [-0.39, 0.29) is 0 Å². The largest absolute Gasteiger partial charge is 0.473 e. The molecule has 8 nitrogen and oxygen atoms in total. The molecule has 1 aliphatic heterocycles. The molecule has 0 bridgehead atoms. The first-order chi connectivity index (χ1) is 8.45. The lowest BCUT2D eigenvalue weighted by Crippen LogP contribution is -2.35. The second-order valence-electron chi connectivity index (χ2n) is 3.26. The molecule has 0 radical (unpaired) electrons. The number of hydrazine groups is 1. The van der Waals surface area contributed by atoms with Gasteiger partial charge in [-0.3, -0.25) is 10.6 Å². The maximum atomic E-state index is 9.18. The molecule has 0 aromatic carbocycles. The third kappa shape index (κ3) is 16.7. The number of ether oxygens (including phenoxy) is 1. The van der Waals surface area contributed by atoms with Crippen molar-refractivity contribution in [2.24, 2.45) is 5.84 Å². The Morgan fingerprint density at radius 2 is 1.67 bits per heavy atom. The Morgan fingerprint density at radius 3 is 1.78 bits per heavy atom. The van der Waals surface area contributed by atoms with Crippen molar-refractivity contribution in [2.75, 3.05) is 19.7 Å². The minimum atomic E-state index is -1.82. The Hall–Kier alpha value is -1.67. The Bertz CT molecular complexity index is 229. The lowest BCUT2D eigenvalue weighted by atomic mass is 10.2. The van der Waals surface area contributed by atoms with Gasteiger partial charge in [0, 0.05) is 13.1 Å². The van der Waals surface area contributed by atoms with Crippen LogP contribution < -0.4 is 5.84 Å². The number of carbonyl (C=O) groups excluding carboxylic acids is 1. The molecule has 0 amide bonds. The van der Waals surface area contributed by atoms with Gasteiger partial charge in [0.25, 0.3) is 6.47 Å². The molecule has 0 atom stereocenters. The smallest absolute Gasteiger partial charge is 0.414 e. The maximum Gasteiger partial charge on any atom is 0.414 e. The number of nitrogens with zero attached hydrogens (tertiary/aromatic N) is 1. The van der Waals surface area contributed by atoms with Crippen LogP contribution >= 0.6 is 0 Å². The van der Waals surface area contributed by atoms with Crippen molar-refractivity contribution in [1.82, 2.24) is 5.01 Å². The van der Waals surface area contributed by atoms with Gasteiger partial charge in [-0.15, -0.1) is 0 Å². The first-order valence-electron chi connectivity index (χ1n) is 5.46. The molecular weight excluding hydrogens is 244 g/mol. The number of carboxylic acids is 2.